The highest BCUT2D eigenvalue weighted by atomic mass is 32.2. The molecule has 0 saturated heterocycles. The molecule has 0 unspecified atom stereocenters. The first-order chi connectivity index (χ1) is 18.9. The molecular formula is C32H29NO5S. The van der Waals surface area contributed by atoms with Crippen LogP contribution in [0.25, 0.3) is 11.1 Å². The van der Waals surface area contributed by atoms with Gasteiger partial charge in [0.1, 0.15) is 5.78 Å². The molecule has 0 atom stereocenters. The molecule has 1 aliphatic heterocycles. The molecule has 7 heteroatoms. The number of carbonyl (C=O) groups excluding carboxylic acids is 1. The fourth-order valence-electron chi connectivity index (χ4n) is 5.23. The molecule has 2 heterocycles. The Morgan fingerprint density at radius 2 is 1.67 bits per heavy atom. The zero-order valence-electron chi connectivity index (χ0n) is 21.5. The normalized spacial score (nSPS) is 15.2. The molecule has 4 aromatic rings. The third-order valence-corrected chi connectivity index (χ3v) is 9.44. The van der Waals surface area contributed by atoms with Gasteiger partial charge in [-0.1, -0.05) is 48.5 Å². The molecule has 3 aromatic carbocycles. The van der Waals surface area contributed by atoms with Crippen LogP contribution in [0.2, 0.25) is 0 Å². The average Bonchev–Trinajstić information content (AvgIpc) is 3.64. The van der Waals surface area contributed by atoms with Crippen LogP contribution >= 0.6 is 0 Å². The van der Waals surface area contributed by atoms with E-state index in [-0.39, 0.29) is 18.3 Å². The Morgan fingerprint density at radius 3 is 2.44 bits per heavy atom. The average molecular weight is 540 g/mol. The lowest BCUT2D eigenvalue weighted by Gasteiger charge is -2.15. The fourth-order valence-corrected chi connectivity index (χ4v) is 6.54. The Labute approximate surface area is 228 Å². The molecular weight excluding hydrogens is 510 g/mol. The molecule has 1 saturated carbocycles. The van der Waals surface area contributed by atoms with E-state index in [1.165, 1.54) is 0 Å². The number of rotatable bonds is 10. The highest BCUT2D eigenvalue weighted by molar-refractivity contribution is 7.91. The van der Waals surface area contributed by atoms with Crippen molar-refractivity contribution in [3.05, 3.63) is 108 Å². The van der Waals surface area contributed by atoms with Gasteiger partial charge in [0, 0.05) is 18.3 Å². The third-order valence-electron chi connectivity index (χ3n) is 7.62. The van der Waals surface area contributed by atoms with Crippen LogP contribution < -0.4 is 9.47 Å². The van der Waals surface area contributed by atoms with E-state index in [4.69, 9.17) is 9.47 Å². The lowest BCUT2D eigenvalue weighted by Crippen LogP contribution is -2.22. The minimum Gasteiger partial charge on any atom is -0.454 e. The highest BCUT2D eigenvalue weighted by Crippen LogP contribution is 2.51. The van der Waals surface area contributed by atoms with Crippen molar-refractivity contribution < 1.29 is 22.7 Å². The van der Waals surface area contributed by atoms with Gasteiger partial charge in [0.05, 0.1) is 16.1 Å². The number of hydrogen-bond donors (Lipinski definition) is 0. The van der Waals surface area contributed by atoms with Crippen LogP contribution in [0.4, 0.5) is 0 Å². The number of aromatic nitrogens is 1. The van der Waals surface area contributed by atoms with Gasteiger partial charge in [-0.2, -0.15) is 0 Å². The Bertz CT molecular complexity index is 1610. The van der Waals surface area contributed by atoms with E-state index in [0.29, 0.717) is 29.9 Å². The number of benzene rings is 3. The standard InChI is InChI=1S/C32H29NO5S/c34-31(32(15-16-32)26-11-14-29-30(21-26)38-22-37-29)20-23-5-3-6-25(19-23)24-9-12-28(13-10-24)39(35,36)18-4-8-27-7-1-2-17-33-27/h1-3,5-7,9-14,17,19,21H,4,8,15-16,18,20,22H2. The van der Waals surface area contributed by atoms with Gasteiger partial charge in [-0.15, -0.1) is 0 Å². The second-order valence-corrected chi connectivity index (χ2v) is 12.3. The molecule has 0 radical (unpaired) electrons. The Morgan fingerprint density at radius 1 is 0.846 bits per heavy atom. The Balaban J connectivity index is 1.12. The number of pyridine rings is 1. The van der Waals surface area contributed by atoms with Crippen LogP contribution in [-0.2, 0) is 32.9 Å². The van der Waals surface area contributed by atoms with Gasteiger partial charge >= 0.3 is 0 Å². The Hall–Kier alpha value is -3.97. The predicted molar refractivity (Wildman–Crippen MR) is 149 cm³/mol. The van der Waals surface area contributed by atoms with Gasteiger partial charge in [-0.3, -0.25) is 9.78 Å². The van der Waals surface area contributed by atoms with E-state index in [2.05, 4.69) is 4.98 Å². The maximum Gasteiger partial charge on any atom is 0.231 e. The fraction of sp³-hybridized carbons (Fsp3) is 0.250. The topological polar surface area (TPSA) is 82.6 Å². The molecule has 6 rings (SSSR count). The zero-order chi connectivity index (χ0) is 26.9. The van der Waals surface area contributed by atoms with Crippen molar-refractivity contribution in [1.29, 1.82) is 0 Å². The van der Waals surface area contributed by atoms with Crippen molar-refractivity contribution in [3.63, 3.8) is 0 Å². The summed E-state index contributed by atoms with van der Waals surface area (Å²) in [5.41, 5.74) is 4.23. The van der Waals surface area contributed by atoms with Crippen molar-refractivity contribution in [3.8, 4) is 22.6 Å². The molecule has 39 heavy (non-hydrogen) atoms. The van der Waals surface area contributed by atoms with Crippen molar-refractivity contribution in [2.45, 2.75) is 42.4 Å². The van der Waals surface area contributed by atoms with Crippen LogP contribution in [0.1, 0.15) is 36.1 Å². The molecule has 198 valence electrons. The second kappa shape index (κ2) is 10.3. The van der Waals surface area contributed by atoms with Gasteiger partial charge in [0.2, 0.25) is 6.79 Å². The summed E-state index contributed by atoms with van der Waals surface area (Å²) in [4.78, 5) is 18.0. The summed E-state index contributed by atoms with van der Waals surface area (Å²) in [6.45, 7) is 0.214. The summed E-state index contributed by atoms with van der Waals surface area (Å²) in [6, 6.07) is 26.4. The molecule has 1 aromatic heterocycles. The number of ketones is 1. The number of hydrogen-bond acceptors (Lipinski definition) is 6. The van der Waals surface area contributed by atoms with Crippen LogP contribution in [0.15, 0.2) is 96.0 Å². The first kappa shape index (κ1) is 25.3. The van der Waals surface area contributed by atoms with E-state index in [1.807, 2.05) is 72.8 Å². The van der Waals surface area contributed by atoms with E-state index < -0.39 is 15.3 Å². The maximum absolute atomic E-state index is 13.4. The third kappa shape index (κ3) is 5.32. The summed E-state index contributed by atoms with van der Waals surface area (Å²) in [5, 5.41) is 0. The number of sulfone groups is 1. The molecule has 1 fully saturated rings. The van der Waals surface area contributed by atoms with Crippen molar-refractivity contribution in [2.24, 2.45) is 0 Å². The highest BCUT2D eigenvalue weighted by Gasteiger charge is 2.50. The number of nitrogens with zero attached hydrogens (tertiary/aromatic N) is 1. The number of aryl methyl sites for hydroxylation is 1. The first-order valence-corrected chi connectivity index (χ1v) is 14.8. The minimum absolute atomic E-state index is 0.0750. The molecule has 0 amide bonds. The van der Waals surface area contributed by atoms with Gasteiger partial charge in [-0.05, 0) is 84.3 Å². The van der Waals surface area contributed by atoms with Crippen LogP contribution in [0.3, 0.4) is 0 Å². The lowest BCUT2D eigenvalue weighted by atomic mass is 9.87. The summed E-state index contributed by atoms with van der Waals surface area (Å²) in [7, 11) is -3.38. The number of Topliss-reactive ketones (excluding diaryl/α,β-unsaturated/α-hetero) is 1. The monoisotopic (exact) mass is 539 g/mol. The van der Waals surface area contributed by atoms with Gasteiger partial charge < -0.3 is 9.47 Å². The zero-order valence-corrected chi connectivity index (χ0v) is 22.3. The smallest absolute Gasteiger partial charge is 0.231 e. The quantitative estimate of drug-likeness (QED) is 0.256. The molecule has 1 aliphatic carbocycles. The number of fused-ring (bicyclic) bond motifs is 1. The van der Waals surface area contributed by atoms with E-state index in [0.717, 1.165) is 46.5 Å². The number of carbonyl (C=O) groups is 1. The van der Waals surface area contributed by atoms with Crippen LogP contribution in [-0.4, -0.2) is 31.7 Å². The maximum atomic E-state index is 13.4. The summed E-state index contributed by atoms with van der Waals surface area (Å²) in [6.07, 6.45) is 4.87. The van der Waals surface area contributed by atoms with Gasteiger partial charge in [0.25, 0.3) is 0 Å². The SMILES string of the molecule is O=C(Cc1cccc(-c2ccc(S(=O)(=O)CCCc3ccccn3)cc2)c1)C1(c2ccc3c(c2)OCO3)CC1. The summed E-state index contributed by atoms with van der Waals surface area (Å²) < 4.78 is 36.6. The summed E-state index contributed by atoms with van der Waals surface area (Å²) in [5.74, 6) is 1.70. The van der Waals surface area contributed by atoms with E-state index >= 15 is 0 Å². The van der Waals surface area contributed by atoms with Crippen molar-refractivity contribution in [2.75, 3.05) is 12.5 Å². The van der Waals surface area contributed by atoms with Crippen molar-refractivity contribution in [1.82, 2.24) is 4.98 Å². The first-order valence-electron chi connectivity index (χ1n) is 13.2. The second-order valence-electron chi connectivity index (χ2n) is 10.2. The summed E-state index contributed by atoms with van der Waals surface area (Å²) >= 11 is 0. The van der Waals surface area contributed by atoms with Gasteiger partial charge in [0.15, 0.2) is 21.3 Å². The largest absolute Gasteiger partial charge is 0.454 e. The lowest BCUT2D eigenvalue weighted by molar-refractivity contribution is -0.120. The predicted octanol–water partition coefficient (Wildman–Crippen LogP) is 5.73. The van der Waals surface area contributed by atoms with E-state index in [1.54, 1.807) is 18.3 Å². The van der Waals surface area contributed by atoms with Crippen LogP contribution in [0, 0.1) is 0 Å². The van der Waals surface area contributed by atoms with Crippen molar-refractivity contribution >= 4 is 15.6 Å². The van der Waals surface area contributed by atoms with E-state index in [9.17, 15) is 13.2 Å². The van der Waals surface area contributed by atoms with Gasteiger partial charge in [-0.25, -0.2) is 8.42 Å². The molecule has 0 bridgehead atoms. The molecule has 2 aliphatic rings. The molecule has 0 N–H and O–H groups in total. The minimum atomic E-state index is -3.38. The Kier molecular flexibility index (Phi) is 6.69. The number of ether oxygens (including phenoxy) is 2. The molecule has 6 nitrogen and oxygen atoms in total. The molecule has 0 spiro atoms. The van der Waals surface area contributed by atoms with Crippen LogP contribution in [0.5, 0.6) is 11.5 Å².